The maximum atomic E-state index is 14.0. The fraction of sp³-hybridized carbons (Fsp3) is 0.250. The summed E-state index contributed by atoms with van der Waals surface area (Å²) in [6.07, 6.45) is 2.94. The Labute approximate surface area is 246 Å². The van der Waals surface area contributed by atoms with Gasteiger partial charge in [-0.25, -0.2) is 14.6 Å². The lowest BCUT2D eigenvalue weighted by molar-refractivity contribution is -0.139. The van der Waals surface area contributed by atoms with E-state index in [1.165, 1.54) is 23.0 Å². The standard InChI is InChI=1S/C32H30N2O7S/c1-5-10-24-27(31(37)40-6-2)28(19-11-9-12-20(17-19)38-3)34-29(35)26(42-32(34)33-24)18-21-15-16-25(41-21)22-13-7-8-14-23(22)30(36)39-4/h7-9,11-18,28H,5-6,10H2,1-4H3/b26-18+/t28-/m0/s1. The van der Waals surface area contributed by atoms with Crippen LogP contribution in [0.25, 0.3) is 17.4 Å². The average molecular weight is 587 g/mol. The van der Waals surface area contributed by atoms with Gasteiger partial charge in [-0.1, -0.05) is 55.0 Å². The summed E-state index contributed by atoms with van der Waals surface area (Å²) in [7, 11) is 2.89. The third-order valence-corrected chi connectivity index (χ3v) is 7.78. The summed E-state index contributed by atoms with van der Waals surface area (Å²) in [5.74, 6) is 0.494. The van der Waals surface area contributed by atoms with Crippen molar-refractivity contribution in [1.29, 1.82) is 0 Å². The first-order valence-electron chi connectivity index (χ1n) is 13.5. The summed E-state index contributed by atoms with van der Waals surface area (Å²) in [6, 6.07) is 17.0. The molecule has 0 unspecified atom stereocenters. The Hall–Kier alpha value is -4.70. The largest absolute Gasteiger partial charge is 0.497 e. The van der Waals surface area contributed by atoms with Crippen LogP contribution in [-0.4, -0.2) is 37.3 Å². The van der Waals surface area contributed by atoms with Gasteiger partial charge in [-0.2, -0.15) is 0 Å². The molecule has 0 N–H and O–H groups in total. The molecule has 10 heteroatoms. The Morgan fingerprint density at radius 2 is 1.86 bits per heavy atom. The number of carbonyl (C=O) groups is 2. The Kier molecular flexibility index (Phi) is 8.53. The summed E-state index contributed by atoms with van der Waals surface area (Å²) in [5, 5.41) is 0. The highest BCUT2D eigenvalue weighted by molar-refractivity contribution is 7.07. The third kappa shape index (κ3) is 5.45. The van der Waals surface area contributed by atoms with Gasteiger partial charge in [0.15, 0.2) is 4.80 Å². The number of methoxy groups -OCH3 is 2. The summed E-state index contributed by atoms with van der Waals surface area (Å²) in [6.45, 7) is 3.94. The van der Waals surface area contributed by atoms with Gasteiger partial charge in [-0.15, -0.1) is 0 Å². The van der Waals surface area contributed by atoms with Crippen molar-refractivity contribution in [2.45, 2.75) is 32.7 Å². The van der Waals surface area contributed by atoms with E-state index in [4.69, 9.17) is 23.6 Å². The van der Waals surface area contributed by atoms with Crippen molar-refractivity contribution in [2.75, 3.05) is 20.8 Å². The van der Waals surface area contributed by atoms with E-state index in [0.717, 1.165) is 6.42 Å². The van der Waals surface area contributed by atoms with Crippen LogP contribution < -0.4 is 19.6 Å². The molecule has 1 aliphatic heterocycles. The summed E-state index contributed by atoms with van der Waals surface area (Å²) < 4.78 is 23.8. The normalized spacial score (nSPS) is 14.8. The van der Waals surface area contributed by atoms with Gasteiger partial charge >= 0.3 is 11.9 Å². The summed E-state index contributed by atoms with van der Waals surface area (Å²) in [4.78, 5) is 44.8. The van der Waals surface area contributed by atoms with E-state index in [9.17, 15) is 14.4 Å². The second-order valence-corrected chi connectivity index (χ2v) is 10.4. The van der Waals surface area contributed by atoms with Gasteiger partial charge in [0.2, 0.25) is 0 Å². The topological polar surface area (TPSA) is 109 Å². The van der Waals surface area contributed by atoms with Gasteiger partial charge < -0.3 is 18.6 Å². The van der Waals surface area contributed by atoms with E-state index in [-0.39, 0.29) is 12.2 Å². The molecule has 1 atom stereocenters. The zero-order valence-corrected chi connectivity index (χ0v) is 24.5. The molecule has 9 nitrogen and oxygen atoms in total. The molecule has 2 aromatic heterocycles. The fourth-order valence-corrected chi connectivity index (χ4v) is 5.94. The SMILES string of the molecule is CCCC1=C(C(=O)OCC)[C@H](c2cccc(OC)c2)n2c(s/c(=C/c3ccc(-c4ccccc4C(=O)OC)o3)c2=O)=N1. The molecule has 216 valence electrons. The van der Waals surface area contributed by atoms with Crippen molar-refractivity contribution in [3.8, 4) is 17.1 Å². The number of furan rings is 1. The number of rotatable bonds is 9. The second-order valence-electron chi connectivity index (χ2n) is 9.43. The monoisotopic (exact) mass is 586 g/mol. The highest BCUT2D eigenvalue weighted by Crippen LogP contribution is 2.34. The molecule has 0 aliphatic carbocycles. The van der Waals surface area contributed by atoms with Crippen LogP contribution in [0.5, 0.6) is 5.75 Å². The lowest BCUT2D eigenvalue weighted by atomic mass is 9.94. The molecule has 0 amide bonds. The predicted molar refractivity (Wildman–Crippen MR) is 158 cm³/mol. The molecule has 0 saturated carbocycles. The number of ether oxygens (including phenoxy) is 3. The maximum Gasteiger partial charge on any atom is 0.338 e. The number of hydrogen-bond donors (Lipinski definition) is 0. The smallest absolute Gasteiger partial charge is 0.338 e. The molecule has 4 aromatic rings. The van der Waals surface area contributed by atoms with Crippen molar-refractivity contribution in [2.24, 2.45) is 4.99 Å². The lowest BCUT2D eigenvalue weighted by Crippen LogP contribution is -2.40. The fourth-order valence-electron chi connectivity index (χ4n) is 4.94. The zero-order chi connectivity index (χ0) is 29.8. The Bertz CT molecular complexity index is 1860. The first-order chi connectivity index (χ1) is 20.4. The number of carbonyl (C=O) groups excluding carboxylic acids is 2. The molecule has 5 rings (SSSR count). The Morgan fingerprint density at radius 1 is 1.05 bits per heavy atom. The van der Waals surface area contributed by atoms with Crippen molar-refractivity contribution in [3.63, 3.8) is 0 Å². The van der Waals surface area contributed by atoms with Crippen molar-refractivity contribution < 1.29 is 28.2 Å². The Morgan fingerprint density at radius 3 is 2.60 bits per heavy atom. The second kappa shape index (κ2) is 12.4. The van der Waals surface area contributed by atoms with Gasteiger partial charge in [0.05, 0.1) is 48.2 Å². The van der Waals surface area contributed by atoms with Gasteiger partial charge in [-0.3, -0.25) is 9.36 Å². The lowest BCUT2D eigenvalue weighted by Gasteiger charge is -2.26. The predicted octanol–water partition coefficient (Wildman–Crippen LogP) is 4.63. The van der Waals surface area contributed by atoms with Crippen LogP contribution >= 0.6 is 11.3 Å². The van der Waals surface area contributed by atoms with Crippen molar-refractivity contribution >= 4 is 29.4 Å². The maximum absolute atomic E-state index is 14.0. The van der Waals surface area contributed by atoms with Gasteiger partial charge in [0.25, 0.3) is 5.56 Å². The van der Waals surface area contributed by atoms with E-state index >= 15 is 0 Å². The Balaban J connectivity index is 1.67. The zero-order valence-electron chi connectivity index (χ0n) is 23.7. The first-order valence-corrected chi connectivity index (χ1v) is 14.3. The number of fused-ring (bicyclic) bond motifs is 1. The van der Waals surface area contributed by atoms with Crippen molar-refractivity contribution in [1.82, 2.24) is 4.57 Å². The highest BCUT2D eigenvalue weighted by atomic mass is 32.1. The summed E-state index contributed by atoms with van der Waals surface area (Å²) >= 11 is 1.22. The van der Waals surface area contributed by atoms with Crippen LogP contribution in [0.4, 0.5) is 0 Å². The minimum Gasteiger partial charge on any atom is -0.497 e. The van der Waals surface area contributed by atoms with E-state index < -0.39 is 18.0 Å². The number of benzene rings is 2. The molecule has 0 bridgehead atoms. The minimum absolute atomic E-state index is 0.191. The molecule has 42 heavy (non-hydrogen) atoms. The molecule has 0 spiro atoms. The quantitative estimate of drug-likeness (QED) is 0.263. The first kappa shape index (κ1) is 28.8. The van der Waals surface area contributed by atoms with Crippen LogP contribution in [0.2, 0.25) is 0 Å². The molecule has 0 radical (unpaired) electrons. The average Bonchev–Trinajstić information content (AvgIpc) is 3.60. The summed E-state index contributed by atoms with van der Waals surface area (Å²) in [5.41, 5.74) is 2.26. The number of aromatic nitrogens is 1. The molecular formula is C32H30N2O7S. The number of nitrogens with zero attached hydrogens (tertiary/aromatic N) is 2. The minimum atomic E-state index is -0.752. The molecule has 0 fully saturated rings. The van der Waals surface area contributed by atoms with Crippen LogP contribution in [-0.2, 0) is 14.3 Å². The van der Waals surface area contributed by atoms with Crippen molar-refractivity contribution in [3.05, 3.63) is 109 Å². The molecular weight excluding hydrogens is 556 g/mol. The van der Waals surface area contributed by atoms with E-state index in [0.29, 0.717) is 61.0 Å². The van der Waals surface area contributed by atoms with E-state index in [1.54, 1.807) is 62.6 Å². The number of allylic oxidation sites excluding steroid dienone is 1. The molecule has 2 aromatic carbocycles. The van der Waals surface area contributed by atoms with E-state index in [1.807, 2.05) is 25.1 Å². The van der Waals surface area contributed by atoms with Gasteiger partial charge in [0.1, 0.15) is 17.3 Å². The van der Waals surface area contributed by atoms with E-state index in [2.05, 4.69) is 0 Å². The molecule has 3 heterocycles. The van der Waals surface area contributed by atoms with Gasteiger partial charge in [0, 0.05) is 11.6 Å². The number of hydrogen-bond acceptors (Lipinski definition) is 9. The van der Waals surface area contributed by atoms with Crippen LogP contribution in [0.1, 0.15) is 54.4 Å². The molecule has 1 aliphatic rings. The van der Waals surface area contributed by atoms with Gasteiger partial charge in [-0.05, 0) is 49.2 Å². The highest BCUT2D eigenvalue weighted by Gasteiger charge is 2.34. The number of thiazole rings is 1. The van der Waals surface area contributed by atoms with Crippen LogP contribution in [0, 0.1) is 0 Å². The number of esters is 2. The third-order valence-electron chi connectivity index (χ3n) is 6.80. The van der Waals surface area contributed by atoms with Crippen LogP contribution in [0.15, 0.2) is 86.1 Å². The van der Waals surface area contributed by atoms with Crippen LogP contribution in [0.3, 0.4) is 0 Å². The molecule has 0 saturated heterocycles.